The van der Waals surface area contributed by atoms with Gasteiger partial charge >= 0.3 is 5.69 Å². The minimum Gasteiger partial charge on any atom is -0.326 e. The van der Waals surface area contributed by atoms with Gasteiger partial charge < -0.3 is 5.73 Å². The van der Waals surface area contributed by atoms with Gasteiger partial charge in [0, 0.05) is 12.6 Å². The van der Waals surface area contributed by atoms with E-state index >= 15 is 0 Å². The Kier molecular flexibility index (Phi) is 5.94. The smallest absolute Gasteiger partial charge is 0.307 e. The first-order chi connectivity index (χ1) is 9.58. The predicted molar refractivity (Wildman–Crippen MR) is 81.1 cm³/mol. The van der Waals surface area contributed by atoms with Crippen LogP contribution in [-0.2, 0) is 10.0 Å². The summed E-state index contributed by atoms with van der Waals surface area (Å²) in [7, 11) is -4.02. The van der Waals surface area contributed by atoms with Crippen LogP contribution in [0.25, 0.3) is 0 Å². The highest BCUT2D eigenvalue weighted by Crippen LogP contribution is 2.36. The number of halogens is 2. The van der Waals surface area contributed by atoms with Crippen molar-refractivity contribution in [3.63, 3.8) is 0 Å². The van der Waals surface area contributed by atoms with E-state index in [2.05, 4.69) is 4.72 Å². The van der Waals surface area contributed by atoms with Crippen molar-refractivity contribution >= 4 is 38.9 Å². The topological polar surface area (TPSA) is 115 Å². The van der Waals surface area contributed by atoms with Gasteiger partial charge in [0.1, 0.15) is 14.9 Å². The highest BCUT2D eigenvalue weighted by molar-refractivity contribution is 7.89. The fraction of sp³-hybridized carbons (Fsp3) is 0.455. The fourth-order valence-electron chi connectivity index (χ4n) is 1.42. The molecule has 0 saturated carbocycles. The Hall–Kier alpha value is -0.930. The van der Waals surface area contributed by atoms with Crippen LogP contribution in [0.4, 0.5) is 5.69 Å². The van der Waals surface area contributed by atoms with E-state index in [1.807, 2.05) is 13.8 Å². The van der Waals surface area contributed by atoms with E-state index in [1.54, 1.807) is 0 Å². The summed E-state index contributed by atoms with van der Waals surface area (Å²) in [4.78, 5) is 9.64. The zero-order valence-corrected chi connectivity index (χ0v) is 13.7. The van der Waals surface area contributed by atoms with E-state index in [-0.39, 0.29) is 23.5 Å². The van der Waals surface area contributed by atoms with E-state index in [9.17, 15) is 18.5 Å². The molecule has 0 heterocycles. The number of nitro benzene ring substituents is 1. The highest BCUT2D eigenvalue weighted by atomic mass is 35.5. The second kappa shape index (κ2) is 6.89. The maximum absolute atomic E-state index is 12.1. The van der Waals surface area contributed by atoms with Crippen LogP contribution < -0.4 is 10.5 Å². The number of nitrogens with one attached hydrogen (secondary N) is 1. The molecular formula is C11H15Cl2N3O4S. The number of nitrogens with zero attached hydrogens (tertiary/aromatic N) is 1. The Morgan fingerprint density at radius 3 is 2.43 bits per heavy atom. The van der Waals surface area contributed by atoms with Gasteiger partial charge in [-0.25, -0.2) is 13.1 Å². The molecular weight excluding hydrogens is 341 g/mol. The van der Waals surface area contributed by atoms with Gasteiger partial charge in [0.15, 0.2) is 0 Å². The molecule has 0 aliphatic heterocycles. The molecule has 3 N–H and O–H groups in total. The van der Waals surface area contributed by atoms with Crippen LogP contribution in [0.2, 0.25) is 10.0 Å². The van der Waals surface area contributed by atoms with E-state index in [1.165, 1.54) is 0 Å². The zero-order chi connectivity index (χ0) is 16.4. The molecule has 118 valence electrons. The first-order valence-corrected chi connectivity index (χ1v) is 8.19. The lowest BCUT2D eigenvalue weighted by Crippen LogP contribution is -2.40. The summed E-state index contributed by atoms with van der Waals surface area (Å²) >= 11 is 11.4. The SMILES string of the molecule is CC(C)C(N)CNS(=O)(=O)c1ccc(Cl)c([N+](=O)[O-])c1Cl. The number of hydrogen-bond acceptors (Lipinski definition) is 5. The molecule has 0 bridgehead atoms. The Balaban J connectivity index is 3.16. The lowest BCUT2D eigenvalue weighted by molar-refractivity contribution is -0.384. The van der Waals surface area contributed by atoms with Gasteiger partial charge in [-0.05, 0) is 18.1 Å². The molecule has 1 rings (SSSR count). The third-order valence-corrected chi connectivity index (χ3v) is 5.13. The summed E-state index contributed by atoms with van der Waals surface area (Å²) in [5, 5.41) is 10.1. The van der Waals surface area contributed by atoms with Gasteiger partial charge in [-0.2, -0.15) is 0 Å². The average molecular weight is 356 g/mol. The molecule has 21 heavy (non-hydrogen) atoms. The summed E-state index contributed by atoms with van der Waals surface area (Å²) in [6.07, 6.45) is 0. The number of benzene rings is 1. The van der Waals surface area contributed by atoms with Crippen molar-refractivity contribution in [2.24, 2.45) is 11.7 Å². The number of sulfonamides is 1. The van der Waals surface area contributed by atoms with Gasteiger partial charge in [0.2, 0.25) is 10.0 Å². The molecule has 0 amide bonds. The lowest BCUT2D eigenvalue weighted by atomic mass is 10.1. The standard InChI is InChI=1S/C11H15Cl2N3O4S/c1-6(2)8(14)5-15-21(19,20)9-4-3-7(12)11(10(9)13)16(17)18/h3-4,6,8,15H,5,14H2,1-2H3. The van der Waals surface area contributed by atoms with Crippen LogP contribution in [-0.4, -0.2) is 25.9 Å². The molecule has 0 fully saturated rings. The van der Waals surface area contributed by atoms with Gasteiger partial charge in [-0.15, -0.1) is 0 Å². The van der Waals surface area contributed by atoms with E-state index in [0.717, 1.165) is 12.1 Å². The Morgan fingerprint density at radius 2 is 1.95 bits per heavy atom. The molecule has 0 radical (unpaired) electrons. The minimum absolute atomic E-state index is 0.00719. The normalized spacial score (nSPS) is 13.4. The molecule has 0 saturated heterocycles. The predicted octanol–water partition coefficient (Wildman–Crippen LogP) is 2.16. The van der Waals surface area contributed by atoms with Crippen LogP contribution in [0, 0.1) is 16.0 Å². The fourth-order valence-corrected chi connectivity index (χ4v) is 3.38. The van der Waals surface area contributed by atoms with Crippen LogP contribution in [0.1, 0.15) is 13.8 Å². The molecule has 1 unspecified atom stereocenters. The van der Waals surface area contributed by atoms with Crippen LogP contribution in [0.5, 0.6) is 0 Å². The summed E-state index contributed by atoms with van der Waals surface area (Å²) in [5.41, 5.74) is 5.11. The summed E-state index contributed by atoms with van der Waals surface area (Å²) in [6, 6.07) is 1.84. The molecule has 0 spiro atoms. The van der Waals surface area contributed by atoms with E-state index in [0.29, 0.717) is 0 Å². The van der Waals surface area contributed by atoms with Gasteiger partial charge in [-0.1, -0.05) is 37.0 Å². The number of hydrogen-bond donors (Lipinski definition) is 2. The maximum atomic E-state index is 12.1. The summed E-state index contributed by atoms with van der Waals surface area (Å²) in [6.45, 7) is 3.69. The molecule has 10 heteroatoms. The quantitative estimate of drug-likeness (QED) is 0.599. The minimum atomic E-state index is -4.02. The average Bonchev–Trinajstić information content (AvgIpc) is 2.35. The monoisotopic (exact) mass is 355 g/mol. The van der Waals surface area contributed by atoms with Gasteiger partial charge in [0.25, 0.3) is 0 Å². The van der Waals surface area contributed by atoms with Gasteiger partial charge in [-0.3, -0.25) is 10.1 Å². The molecule has 1 aromatic rings. The van der Waals surface area contributed by atoms with Crippen molar-refractivity contribution in [3.05, 3.63) is 32.3 Å². The lowest BCUT2D eigenvalue weighted by Gasteiger charge is -2.16. The number of rotatable bonds is 6. The van der Waals surface area contributed by atoms with Crippen molar-refractivity contribution < 1.29 is 13.3 Å². The second-order valence-electron chi connectivity index (χ2n) is 4.72. The number of nitro groups is 1. The maximum Gasteiger partial charge on any atom is 0.307 e. The van der Waals surface area contributed by atoms with Crippen LogP contribution in [0.3, 0.4) is 0 Å². The highest BCUT2D eigenvalue weighted by Gasteiger charge is 2.28. The molecule has 1 aromatic carbocycles. The van der Waals surface area contributed by atoms with Crippen molar-refractivity contribution in [3.8, 4) is 0 Å². The van der Waals surface area contributed by atoms with Crippen molar-refractivity contribution in [2.75, 3.05) is 6.54 Å². The molecule has 0 aromatic heterocycles. The molecule has 7 nitrogen and oxygen atoms in total. The Bertz CT molecular complexity index is 649. The summed E-state index contributed by atoms with van der Waals surface area (Å²) < 4.78 is 26.6. The Morgan fingerprint density at radius 1 is 1.38 bits per heavy atom. The van der Waals surface area contributed by atoms with E-state index in [4.69, 9.17) is 28.9 Å². The van der Waals surface area contributed by atoms with Crippen LogP contribution >= 0.6 is 23.2 Å². The second-order valence-corrected chi connectivity index (χ2v) is 7.25. The molecule has 1 atom stereocenters. The van der Waals surface area contributed by atoms with E-state index < -0.39 is 30.6 Å². The summed E-state index contributed by atoms with van der Waals surface area (Å²) in [5.74, 6) is 0.0720. The van der Waals surface area contributed by atoms with Crippen molar-refractivity contribution in [1.29, 1.82) is 0 Å². The molecule has 0 aliphatic rings. The van der Waals surface area contributed by atoms with Crippen molar-refractivity contribution in [2.45, 2.75) is 24.8 Å². The van der Waals surface area contributed by atoms with Gasteiger partial charge in [0.05, 0.1) is 4.92 Å². The van der Waals surface area contributed by atoms with Crippen LogP contribution in [0.15, 0.2) is 17.0 Å². The Labute approximate surface area is 132 Å². The zero-order valence-electron chi connectivity index (χ0n) is 11.3. The first-order valence-electron chi connectivity index (χ1n) is 5.95. The number of nitrogens with two attached hydrogens (primary N) is 1. The third kappa shape index (κ3) is 4.27. The molecule has 0 aliphatic carbocycles. The first kappa shape index (κ1) is 18.1. The van der Waals surface area contributed by atoms with Crippen molar-refractivity contribution in [1.82, 2.24) is 4.72 Å². The largest absolute Gasteiger partial charge is 0.326 e. The third-order valence-electron chi connectivity index (χ3n) is 2.87.